The van der Waals surface area contributed by atoms with Gasteiger partial charge in [0.2, 0.25) is 5.91 Å². The molecule has 1 atom stereocenters. The van der Waals surface area contributed by atoms with Crippen LogP contribution < -0.4 is 5.32 Å². The second-order valence-electron chi connectivity index (χ2n) is 4.96. The van der Waals surface area contributed by atoms with Crippen LogP contribution in [0.15, 0.2) is 17.3 Å². The molecule has 0 saturated heterocycles. The third kappa shape index (κ3) is 1.91. The first-order valence-corrected chi connectivity index (χ1v) is 7.80. The number of amides is 1. The maximum absolute atomic E-state index is 12.2. The molecular weight excluding hydrogens is 290 g/mol. The van der Waals surface area contributed by atoms with Crippen LogP contribution in [0.5, 0.6) is 0 Å². The lowest BCUT2D eigenvalue weighted by Gasteiger charge is -2.19. The average Bonchev–Trinajstić information content (AvgIpc) is 2.97. The molecule has 6 nitrogen and oxygen atoms in total. The Balaban J connectivity index is 2.17. The van der Waals surface area contributed by atoms with E-state index in [2.05, 4.69) is 15.3 Å². The number of benzene rings is 1. The Morgan fingerprint density at radius 3 is 2.90 bits per heavy atom. The van der Waals surface area contributed by atoms with Gasteiger partial charge in [-0.15, -0.1) is 0 Å². The fraction of sp³-hybridized carbons (Fsp3) is 0.357. The lowest BCUT2D eigenvalue weighted by atomic mass is 9.83. The summed E-state index contributed by atoms with van der Waals surface area (Å²) in [6, 6.07) is 3.58. The van der Waals surface area contributed by atoms with Crippen LogP contribution in [-0.2, 0) is 19.7 Å². The van der Waals surface area contributed by atoms with Crippen molar-refractivity contribution in [3.63, 3.8) is 0 Å². The van der Waals surface area contributed by atoms with E-state index in [-0.39, 0.29) is 12.5 Å². The van der Waals surface area contributed by atoms with Crippen LogP contribution >= 0.6 is 11.8 Å². The Morgan fingerprint density at radius 2 is 2.24 bits per heavy atom. The van der Waals surface area contributed by atoms with E-state index in [4.69, 9.17) is 4.74 Å². The predicted octanol–water partition coefficient (Wildman–Crippen LogP) is 2.06. The number of rotatable bonds is 3. The van der Waals surface area contributed by atoms with E-state index in [0.717, 1.165) is 16.2 Å². The van der Waals surface area contributed by atoms with E-state index in [1.807, 2.05) is 6.26 Å². The first-order chi connectivity index (χ1) is 10.0. The highest BCUT2D eigenvalue weighted by Gasteiger charge is 2.50. The van der Waals surface area contributed by atoms with E-state index in [1.54, 1.807) is 26.0 Å². The highest BCUT2D eigenvalue weighted by Crippen LogP contribution is 2.40. The molecule has 0 fully saturated rings. The maximum atomic E-state index is 12.2. The fourth-order valence-corrected chi connectivity index (χ4v) is 2.90. The Morgan fingerprint density at radius 1 is 1.48 bits per heavy atom. The van der Waals surface area contributed by atoms with Crippen molar-refractivity contribution < 1.29 is 14.3 Å². The molecule has 0 spiro atoms. The van der Waals surface area contributed by atoms with Crippen molar-refractivity contribution in [1.29, 1.82) is 0 Å². The summed E-state index contributed by atoms with van der Waals surface area (Å²) < 4.78 is 5.06. The van der Waals surface area contributed by atoms with Crippen molar-refractivity contribution in [1.82, 2.24) is 9.97 Å². The minimum Gasteiger partial charge on any atom is -0.465 e. The minimum atomic E-state index is -1.32. The lowest BCUT2D eigenvalue weighted by molar-refractivity contribution is -0.152. The standard InChI is InChI=1S/C14H15N3O3S/c1-4-20-12(19)14(2)7-5-9-10(17-13(16-9)21-3)6-8(7)15-11(14)18/h5-6H,4H2,1-3H3,(H,15,18)(H,16,17). The largest absolute Gasteiger partial charge is 0.465 e. The van der Waals surface area contributed by atoms with E-state index in [1.165, 1.54) is 11.8 Å². The van der Waals surface area contributed by atoms with E-state index in [0.29, 0.717) is 11.3 Å². The van der Waals surface area contributed by atoms with Gasteiger partial charge in [-0.1, -0.05) is 11.8 Å². The first-order valence-electron chi connectivity index (χ1n) is 6.57. The van der Waals surface area contributed by atoms with E-state index >= 15 is 0 Å². The third-order valence-electron chi connectivity index (χ3n) is 3.72. The zero-order chi connectivity index (χ0) is 15.2. The number of hydrogen-bond donors (Lipinski definition) is 2. The molecule has 3 rings (SSSR count). The molecule has 0 bridgehead atoms. The van der Waals surface area contributed by atoms with Crippen molar-refractivity contribution in [3.05, 3.63) is 17.7 Å². The van der Waals surface area contributed by atoms with Crippen LogP contribution in [0.4, 0.5) is 5.69 Å². The van der Waals surface area contributed by atoms with Gasteiger partial charge < -0.3 is 15.0 Å². The Labute approximate surface area is 125 Å². The molecule has 7 heteroatoms. The van der Waals surface area contributed by atoms with Crippen LogP contribution in [0.3, 0.4) is 0 Å². The van der Waals surface area contributed by atoms with Crippen LogP contribution in [0.1, 0.15) is 19.4 Å². The monoisotopic (exact) mass is 305 g/mol. The third-order valence-corrected chi connectivity index (χ3v) is 4.30. The second-order valence-corrected chi connectivity index (χ2v) is 5.76. The number of carbonyl (C=O) groups excluding carboxylic acids is 2. The molecule has 110 valence electrons. The van der Waals surface area contributed by atoms with Crippen LogP contribution in [0, 0.1) is 0 Å². The van der Waals surface area contributed by atoms with Gasteiger partial charge in [0, 0.05) is 11.3 Å². The zero-order valence-electron chi connectivity index (χ0n) is 11.9. The number of aromatic amines is 1. The van der Waals surface area contributed by atoms with Gasteiger partial charge >= 0.3 is 5.97 Å². The molecule has 0 saturated carbocycles. The molecular formula is C14H15N3O3S. The van der Waals surface area contributed by atoms with Crippen molar-refractivity contribution >= 4 is 40.4 Å². The summed E-state index contributed by atoms with van der Waals surface area (Å²) in [6.07, 6.45) is 1.93. The Bertz CT molecular complexity index is 755. The number of imidazole rings is 1. The number of aromatic nitrogens is 2. The highest BCUT2D eigenvalue weighted by atomic mass is 32.2. The molecule has 1 aromatic heterocycles. The van der Waals surface area contributed by atoms with Crippen molar-refractivity contribution in [2.45, 2.75) is 24.4 Å². The number of fused-ring (bicyclic) bond motifs is 2. The number of hydrogen-bond acceptors (Lipinski definition) is 5. The molecule has 0 radical (unpaired) electrons. The van der Waals surface area contributed by atoms with Gasteiger partial charge in [-0.05, 0) is 32.2 Å². The number of anilines is 1. The quantitative estimate of drug-likeness (QED) is 0.515. The number of nitrogens with zero attached hydrogens (tertiary/aromatic N) is 1. The molecule has 2 N–H and O–H groups in total. The summed E-state index contributed by atoms with van der Waals surface area (Å²) >= 11 is 1.50. The molecule has 0 aliphatic carbocycles. The molecule has 1 unspecified atom stereocenters. The van der Waals surface area contributed by atoms with Gasteiger partial charge in [0.15, 0.2) is 10.6 Å². The smallest absolute Gasteiger partial charge is 0.326 e. The number of thioether (sulfide) groups is 1. The van der Waals surface area contributed by atoms with Crippen LogP contribution in [-0.4, -0.2) is 34.7 Å². The summed E-state index contributed by atoms with van der Waals surface area (Å²) in [5.41, 5.74) is 1.46. The van der Waals surface area contributed by atoms with Gasteiger partial charge in [-0.2, -0.15) is 0 Å². The van der Waals surface area contributed by atoms with Crippen molar-refractivity contribution in [3.8, 4) is 0 Å². The number of ether oxygens (including phenoxy) is 1. The van der Waals surface area contributed by atoms with Crippen molar-refractivity contribution in [2.24, 2.45) is 0 Å². The van der Waals surface area contributed by atoms with Gasteiger partial charge in [-0.3, -0.25) is 9.59 Å². The molecule has 1 aromatic carbocycles. The minimum absolute atomic E-state index is 0.234. The SMILES string of the molecule is CCOC(=O)C1(C)C(=O)Nc2cc3[nH]c(SC)nc3cc21. The molecule has 1 amide bonds. The Kier molecular flexibility index (Phi) is 3.16. The van der Waals surface area contributed by atoms with Gasteiger partial charge in [0.05, 0.1) is 17.6 Å². The lowest BCUT2D eigenvalue weighted by Crippen LogP contribution is -2.40. The molecule has 21 heavy (non-hydrogen) atoms. The molecule has 2 heterocycles. The topological polar surface area (TPSA) is 84.1 Å². The fourth-order valence-electron chi connectivity index (χ4n) is 2.49. The van der Waals surface area contributed by atoms with E-state index in [9.17, 15) is 9.59 Å². The molecule has 1 aliphatic heterocycles. The summed E-state index contributed by atoms with van der Waals surface area (Å²) in [5, 5.41) is 3.54. The van der Waals surface area contributed by atoms with Crippen LogP contribution in [0.2, 0.25) is 0 Å². The second kappa shape index (κ2) is 4.77. The van der Waals surface area contributed by atoms with Gasteiger partial charge in [-0.25, -0.2) is 4.98 Å². The molecule has 1 aliphatic rings. The number of carbonyl (C=O) groups is 2. The predicted molar refractivity (Wildman–Crippen MR) is 80.5 cm³/mol. The summed E-state index contributed by atoms with van der Waals surface area (Å²) in [5.74, 6) is -0.907. The number of nitrogens with one attached hydrogen (secondary N) is 2. The van der Waals surface area contributed by atoms with Crippen molar-refractivity contribution in [2.75, 3.05) is 18.2 Å². The highest BCUT2D eigenvalue weighted by molar-refractivity contribution is 7.98. The number of esters is 1. The first kappa shape index (κ1) is 13.9. The maximum Gasteiger partial charge on any atom is 0.326 e. The van der Waals surface area contributed by atoms with E-state index < -0.39 is 11.4 Å². The van der Waals surface area contributed by atoms with Crippen LogP contribution in [0.25, 0.3) is 11.0 Å². The number of H-pyrrole nitrogens is 1. The Hall–Kier alpha value is -2.02. The zero-order valence-corrected chi connectivity index (χ0v) is 12.8. The normalized spacial score (nSPS) is 20.4. The van der Waals surface area contributed by atoms with Gasteiger partial charge in [0.1, 0.15) is 0 Å². The van der Waals surface area contributed by atoms with Gasteiger partial charge in [0.25, 0.3) is 0 Å². The molecule has 2 aromatic rings. The summed E-state index contributed by atoms with van der Waals surface area (Å²) in [7, 11) is 0. The summed E-state index contributed by atoms with van der Waals surface area (Å²) in [6.45, 7) is 3.54. The summed E-state index contributed by atoms with van der Waals surface area (Å²) in [4.78, 5) is 32.0. The average molecular weight is 305 g/mol.